The van der Waals surface area contributed by atoms with E-state index in [2.05, 4.69) is 103 Å². The van der Waals surface area contributed by atoms with E-state index in [4.69, 9.17) is 4.98 Å². The molecule has 0 saturated heterocycles. The van der Waals surface area contributed by atoms with Gasteiger partial charge in [0.2, 0.25) is 0 Å². The SMILES string of the molecule is Cc1ccc(Cc2c(-c3ccc(C)cc3)nc3c4ccccc4ccn23)cc1. The number of nitrogens with zero attached hydrogens (tertiary/aromatic N) is 2. The summed E-state index contributed by atoms with van der Waals surface area (Å²) in [6.45, 7) is 4.25. The van der Waals surface area contributed by atoms with Crippen LogP contribution in [0.3, 0.4) is 0 Å². The van der Waals surface area contributed by atoms with E-state index in [1.807, 2.05) is 0 Å². The molecule has 2 heteroatoms. The van der Waals surface area contributed by atoms with Crippen molar-refractivity contribution in [3.05, 3.63) is 107 Å². The van der Waals surface area contributed by atoms with Gasteiger partial charge in [-0.15, -0.1) is 0 Å². The molecule has 5 aromatic rings. The fourth-order valence-electron chi connectivity index (χ4n) is 3.83. The lowest BCUT2D eigenvalue weighted by atomic mass is 10.0. The van der Waals surface area contributed by atoms with Crippen molar-refractivity contribution in [2.24, 2.45) is 0 Å². The van der Waals surface area contributed by atoms with Gasteiger partial charge in [0.05, 0.1) is 11.4 Å². The molecule has 0 saturated carbocycles. The molecule has 2 heterocycles. The highest BCUT2D eigenvalue weighted by Gasteiger charge is 2.16. The predicted octanol–water partition coefficient (Wildman–Crippen LogP) is 6.36. The van der Waals surface area contributed by atoms with Crippen LogP contribution in [0.1, 0.15) is 22.4 Å². The van der Waals surface area contributed by atoms with Gasteiger partial charge >= 0.3 is 0 Å². The molecule has 0 spiro atoms. The number of pyridine rings is 1. The van der Waals surface area contributed by atoms with Crippen molar-refractivity contribution >= 4 is 16.4 Å². The fraction of sp³-hybridized carbons (Fsp3) is 0.115. The Morgan fingerprint density at radius 3 is 2.18 bits per heavy atom. The summed E-state index contributed by atoms with van der Waals surface area (Å²) in [5.74, 6) is 0. The van der Waals surface area contributed by atoms with Gasteiger partial charge < -0.3 is 4.40 Å². The molecule has 2 nitrogen and oxygen atoms in total. The van der Waals surface area contributed by atoms with Crippen LogP contribution in [0, 0.1) is 13.8 Å². The minimum absolute atomic E-state index is 0.850. The van der Waals surface area contributed by atoms with Crippen LogP contribution in [0.4, 0.5) is 0 Å². The molecule has 0 unspecified atom stereocenters. The van der Waals surface area contributed by atoms with Crippen LogP contribution < -0.4 is 0 Å². The van der Waals surface area contributed by atoms with E-state index in [9.17, 15) is 0 Å². The van der Waals surface area contributed by atoms with E-state index >= 15 is 0 Å². The minimum atomic E-state index is 0.850. The summed E-state index contributed by atoms with van der Waals surface area (Å²) in [4.78, 5) is 5.12. The lowest BCUT2D eigenvalue weighted by molar-refractivity contribution is 1.03. The first-order valence-electron chi connectivity index (χ1n) is 9.70. The quantitative estimate of drug-likeness (QED) is 0.365. The van der Waals surface area contributed by atoms with Crippen LogP contribution in [-0.4, -0.2) is 9.38 Å². The molecule has 0 radical (unpaired) electrons. The molecule has 5 rings (SSSR count). The standard InChI is InChI=1S/C26H22N2/c1-18-7-11-20(12-8-18)17-24-25(22-13-9-19(2)10-14-22)27-26-23-6-4-3-5-21(23)15-16-28(24)26/h3-16H,17H2,1-2H3. The molecule has 136 valence electrons. The van der Waals surface area contributed by atoms with Gasteiger partial charge in [0.25, 0.3) is 0 Å². The van der Waals surface area contributed by atoms with Gasteiger partial charge in [-0.05, 0) is 30.9 Å². The second kappa shape index (κ2) is 6.65. The van der Waals surface area contributed by atoms with Crippen molar-refractivity contribution in [3.8, 4) is 11.3 Å². The summed E-state index contributed by atoms with van der Waals surface area (Å²) in [5.41, 5.74) is 8.33. The largest absolute Gasteiger partial charge is 0.303 e. The topological polar surface area (TPSA) is 17.3 Å². The maximum Gasteiger partial charge on any atom is 0.145 e. The molecular weight excluding hydrogens is 340 g/mol. The Bertz CT molecular complexity index is 1280. The van der Waals surface area contributed by atoms with E-state index in [0.717, 1.165) is 17.8 Å². The van der Waals surface area contributed by atoms with E-state index in [0.29, 0.717) is 0 Å². The van der Waals surface area contributed by atoms with Gasteiger partial charge in [-0.3, -0.25) is 0 Å². The maximum absolute atomic E-state index is 5.12. The van der Waals surface area contributed by atoms with E-state index in [1.165, 1.54) is 38.7 Å². The molecule has 0 amide bonds. The lowest BCUT2D eigenvalue weighted by Crippen LogP contribution is -1.97. The number of hydrogen-bond donors (Lipinski definition) is 0. The number of hydrogen-bond acceptors (Lipinski definition) is 1. The predicted molar refractivity (Wildman–Crippen MR) is 117 cm³/mol. The van der Waals surface area contributed by atoms with Crippen LogP contribution >= 0.6 is 0 Å². The zero-order chi connectivity index (χ0) is 19.1. The molecule has 0 aliphatic carbocycles. The average Bonchev–Trinajstić information content (AvgIpc) is 3.09. The zero-order valence-corrected chi connectivity index (χ0v) is 16.2. The molecule has 0 fully saturated rings. The monoisotopic (exact) mass is 362 g/mol. The van der Waals surface area contributed by atoms with Crippen molar-refractivity contribution in [3.63, 3.8) is 0 Å². The number of rotatable bonds is 3. The Balaban J connectivity index is 1.76. The Morgan fingerprint density at radius 1 is 0.750 bits per heavy atom. The van der Waals surface area contributed by atoms with Crippen molar-refractivity contribution in [1.29, 1.82) is 0 Å². The van der Waals surface area contributed by atoms with E-state index < -0.39 is 0 Å². The van der Waals surface area contributed by atoms with Crippen molar-refractivity contribution in [1.82, 2.24) is 9.38 Å². The molecule has 28 heavy (non-hydrogen) atoms. The second-order valence-corrected chi connectivity index (χ2v) is 7.53. The third kappa shape index (κ3) is 2.87. The fourth-order valence-corrected chi connectivity index (χ4v) is 3.83. The molecule has 0 N–H and O–H groups in total. The van der Waals surface area contributed by atoms with Crippen molar-refractivity contribution < 1.29 is 0 Å². The van der Waals surface area contributed by atoms with Gasteiger partial charge in [-0.2, -0.15) is 0 Å². The second-order valence-electron chi connectivity index (χ2n) is 7.53. The first kappa shape index (κ1) is 16.8. The Labute approximate surface area is 165 Å². The molecule has 3 aromatic carbocycles. The van der Waals surface area contributed by atoms with Crippen LogP contribution in [0.15, 0.2) is 85.1 Å². The smallest absolute Gasteiger partial charge is 0.145 e. The number of imidazole rings is 1. The number of benzene rings is 3. The summed E-state index contributed by atoms with van der Waals surface area (Å²) in [7, 11) is 0. The van der Waals surface area contributed by atoms with Crippen LogP contribution in [0.2, 0.25) is 0 Å². The Hall–Kier alpha value is -3.39. The number of aromatic nitrogens is 2. The van der Waals surface area contributed by atoms with Gasteiger partial charge in [0, 0.05) is 23.6 Å². The molecule has 0 aliphatic rings. The highest BCUT2D eigenvalue weighted by atomic mass is 15.0. The Morgan fingerprint density at radius 2 is 1.43 bits per heavy atom. The first-order chi connectivity index (χ1) is 13.7. The third-order valence-electron chi connectivity index (χ3n) is 5.43. The highest BCUT2D eigenvalue weighted by Crippen LogP contribution is 2.30. The molecule has 0 bridgehead atoms. The highest BCUT2D eigenvalue weighted by molar-refractivity contribution is 5.95. The molecule has 2 aromatic heterocycles. The summed E-state index contributed by atoms with van der Waals surface area (Å²) in [6, 6.07) is 28.1. The van der Waals surface area contributed by atoms with Crippen molar-refractivity contribution in [2.75, 3.05) is 0 Å². The summed E-state index contributed by atoms with van der Waals surface area (Å²) in [5, 5.41) is 2.41. The normalized spacial score (nSPS) is 11.4. The summed E-state index contributed by atoms with van der Waals surface area (Å²) >= 11 is 0. The molecular formula is C26H22N2. The van der Waals surface area contributed by atoms with Crippen LogP contribution in [-0.2, 0) is 6.42 Å². The van der Waals surface area contributed by atoms with Gasteiger partial charge in [-0.25, -0.2) is 4.98 Å². The average molecular weight is 362 g/mol. The minimum Gasteiger partial charge on any atom is -0.303 e. The summed E-state index contributed by atoms with van der Waals surface area (Å²) < 4.78 is 2.26. The first-order valence-corrected chi connectivity index (χ1v) is 9.70. The van der Waals surface area contributed by atoms with E-state index in [-0.39, 0.29) is 0 Å². The van der Waals surface area contributed by atoms with Crippen LogP contribution in [0.25, 0.3) is 27.7 Å². The molecule has 0 atom stereocenters. The molecule has 0 aliphatic heterocycles. The van der Waals surface area contributed by atoms with Crippen LogP contribution in [0.5, 0.6) is 0 Å². The van der Waals surface area contributed by atoms with Gasteiger partial charge in [0.15, 0.2) is 0 Å². The third-order valence-corrected chi connectivity index (χ3v) is 5.43. The van der Waals surface area contributed by atoms with E-state index in [1.54, 1.807) is 0 Å². The summed E-state index contributed by atoms with van der Waals surface area (Å²) in [6.07, 6.45) is 3.01. The number of aryl methyl sites for hydroxylation is 2. The zero-order valence-electron chi connectivity index (χ0n) is 16.2. The Kier molecular flexibility index (Phi) is 3.98. The van der Waals surface area contributed by atoms with Crippen molar-refractivity contribution in [2.45, 2.75) is 20.3 Å². The van der Waals surface area contributed by atoms with Gasteiger partial charge in [-0.1, -0.05) is 83.9 Å². The number of fused-ring (bicyclic) bond motifs is 3. The lowest BCUT2D eigenvalue weighted by Gasteiger charge is -2.07. The van der Waals surface area contributed by atoms with Gasteiger partial charge in [0.1, 0.15) is 5.65 Å². The maximum atomic E-state index is 5.12.